The van der Waals surface area contributed by atoms with Gasteiger partial charge in [-0.2, -0.15) is 5.10 Å². The summed E-state index contributed by atoms with van der Waals surface area (Å²) < 4.78 is 8.31. The summed E-state index contributed by atoms with van der Waals surface area (Å²) in [5, 5.41) is 14.0. The number of pyridine rings is 1. The Hall–Kier alpha value is -2.16. The van der Waals surface area contributed by atoms with Crippen molar-refractivity contribution in [3.63, 3.8) is 0 Å². The Kier molecular flexibility index (Phi) is 3.50. The predicted molar refractivity (Wildman–Crippen MR) is 84.7 cm³/mol. The first-order chi connectivity index (χ1) is 10.1. The summed E-state index contributed by atoms with van der Waals surface area (Å²) in [6.45, 7) is 0. The van der Waals surface area contributed by atoms with Crippen LogP contribution in [0.4, 0.5) is 0 Å². The molecule has 0 aliphatic heterocycles. The highest BCUT2D eigenvalue weighted by Gasteiger charge is 2.19. The maximum atomic E-state index is 11.4. The number of aromatic nitrogens is 3. The number of carboxylic acid groups (broad SMARTS) is 1. The van der Waals surface area contributed by atoms with E-state index in [0.29, 0.717) is 16.8 Å². The van der Waals surface area contributed by atoms with Crippen LogP contribution in [0.3, 0.4) is 0 Å². The van der Waals surface area contributed by atoms with E-state index in [1.165, 1.54) is 6.20 Å². The molecule has 1 aromatic carbocycles. The fourth-order valence-corrected chi connectivity index (χ4v) is 2.47. The molecule has 0 fully saturated rings. The van der Waals surface area contributed by atoms with Crippen molar-refractivity contribution in [2.24, 2.45) is 7.05 Å². The molecule has 0 aliphatic carbocycles. The quantitative estimate of drug-likeness (QED) is 0.690. The molecule has 1 N–H and O–H groups in total. The number of aryl methyl sites for hydroxylation is 1. The first-order valence-corrected chi connectivity index (χ1v) is 7.12. The van der Waals surface area contributed by atoms with Crippen molar-refractivity contribution >= 4 is 39.6 Å². The molecule has 0 unspecified atom stereocenters. The van der Waals surface area contributed by atoms with Crippen molar-refractivity contribution in [3.8, 4) is 11.5 Å². The number of nitrogens with zero attached hydrogens (tertiary/aromatic N) is 3. The number of hydrogen-bond acceptors (Lipinski definition) is 4. The molecule has 3 rings (SSSR count). The number of aromatic carboxylic acids is 1. The van der Waals surface area contributed by atoms with E-state index in [9.17, 15) is 9.90 Å². The number of para-hydroxylation sites is 1. The Labute approximate surface area is 133 Å². The lowest BCUT2D eigenvalue weighted by Crippen LogP contribution is -2.03. The molecule has 0 bridgehead atoms. The van der Waals surface area contributed by atoms with Gasteiger partial charge in [-0.1, -0.05) is 12.1 Å². The van der Waals surface area contributed by atoms with Crippen LogP contribution in [0.15, 0.2) is 36.7 Å². The fraction of sp³-hybridized carbons (Fsp3) is 0.0714. The number of halogens is 1. The summed E-state index contributed by atoms with van der Waals surface area (Å²) in [7, 11) is 1.74. The van der Waals surface area contributed by atoms with Gasteiger partial charge in [-0.25, -0.2) is 9.78 Å². The van der Waals surface area contributed by atoms with Crippen LogP contribution in [-0.4, -0.2) is 25.8 Å². The molecular formula is C14H10IN3O3. The van der Waals surface area contributed by atoms with Gasteiger partial charge in [0.2, 0.25) is 0 Å². The molecular weight excluding hydrogens is 385 g/mol. The number of carboxylic acids is 1. The van der Waals surface area contributed by atoms with E-state index in [2.05, 4.69) is 32.7 Å². The third kappa shape index (κ3) is 2.44. The molecule has 0 saturated heterocycles. The highest BCUT2D eigenvalue weighted by atomic mass is 127. The van der Waals surface area contributed by atoms with E-state index in [1.807, 2.05) is 18.2 Å². The van der Waals surface area contributed by atoms with E-state index >= 15 is 0 Å². The van der Waals surface area contributed by atoms with E-state index < -0.39 is 5.97 Å². The molecule has 6 nitrogen and oxygen atoms in total. The molecule has 0 aliphatic rings. The first kappa shape index (κ1) is 13.8. The van der Waals surface area contributed by atoms with Gasteiger partial charge in [-0.15, -0.1) is 0 Å². The topological polar surface area (TPSA) is 77.2 Å². The molecule has 7 heteroatoms. The van der Waals surface area contributed by atoms with Crippen molar-refractivity contribution in [1.82, 2.24) is 14.8 Å². The summed E-state index contributed by atoms with van der Waals surface area (Å²) in [4.78, 5) is 15.5. The van der Waals surface area contributed by atoms with Gasteiger partial charge < -0.3 is 9.84 Å². The average molecular weight is 395 g/mol. The largest absolute Gasteiger partial charge is 0.477 e. The van der Waals surface area contributed by atoms with Crippen LogP contribution in [0.1, 0.15) is 10.4 Å². The smallest absolute Gasteiger partial charge is 0.341 e. The zero-order valence-corrected chi connectivity index (χ0v) is 13.1. The molecule has 0 spiro atoms. The Balaban J connectivity index is 2.21. The summed E-state index contributed by atoms with van der Waals surface area (Å²) >= 11 is 2.14. The average Bonchev–Trinajstić information content (AvgIpc) is 2.83. The maximum Gasteiger partial charge on any atom is 0.341 e. The number of carbonyl (C=O) groups is 1. The van der Waals surface area contributed by atoms with E-state index in [0.717, 1.165) is 3.57 Å². The maximum absolute atomic E-state index is 11.4. The van der Waals surface area contributed by atoms with Crippen LogP contribution in [0.5, 0.6) is 11.5 Å². The Bertz CT molecular complexity index is 845. The zero-order valence-electron chi connectivity index (χ0n) is 10.9. The zero-order chi connectivity index (χ0) is 15.0. The monoisotopic (exact) mass is 395 g/mol. The second-order valence-electron chi connectivity index (χ2n) is 4.34. The number of fused-ring (bicyclic) bond motifs is 1. The van der Waals surface area contributed by atoms with E-state index in [1.54, 1.807) is 24.0 Å². The second kappa shape index (κ2) is 5.32. The van der Waals surface area contributed by atoms with E-state index in [-0.39, 0.29) is 11.3 Å². The number of hydrogen-bond donors (Lipinski definition) is 1. The van der Waals surface area contributed by atoms with Crippen LogP contribution in [-0.2, 0) is 7.05 Å². The van der Waals surface area contributed by atoms with Gasteiger partial charge in [0.25, 0.3) is 0 Å². The lowest BCUT2D eigenvalue weighted by Gasteiger charge is -2.11. The van der Waals surface area contributed by atoms with Crippen LogP contribution in [0.2, 0.25) is 0 Å². The minimum atomic E-state index is -1.09. The highest BCUT2D eigenvalue weighted by Crippen LogP contribution is 2.34. The lowest BCUT2D eigenvalue weighted by molar-refractivity contribution is 0.0694. The summed E-state index contributed by atoms with van der Waals surface area (Å²) in [5.41, 5.74) is 0.580. The molecule has 2 aromatic heterocycles. The van der Waals surface area contributed by atoms with Crippen LogP contribution in [0.25, 0.3) is 11.0 Å². The van der Waals surface area contributed by atoms with Gasteiger partial charge in [0.1, 0.15) is 11.3 Å². The summed E-state index contributed by atoms with van der Waals surface area (Å²) in [6.07, 6.45) is 2.84. The summed E-state index contributed by atoms with van der Waals surface area (Å²) in [6, 6.07) is 7.40. The van der Waals surface area contributed by atoms with Crippen LogP contribution >= 0.6 is 22.6 Å². The molecule has 0 amide bonds. The van der Waals surface area contributed by atoms with Crippen LogP contribution < -0.4 is 4.74 Å². The lowest BCUT2D eigenvalue weighted by atomic mass is 10.2. The van der Waals surface area contributed by atoms with Crippen molar-refractivity contribution in [3.05, 3.63) is 45.8 Å². The second-order valence-corrected chi connectivity index (χ2v) is 5.51. The molecule has 0 radical (unpaired) electrons. The van der Waals surface area contributed by atoms with Gasteiger partial charge in [0.05, 0.1) is 15.2 Å². The van der Waals surface area contributed by atoms with Crippen molar-refractivity contribution in [1.29, 1.82) is 0 Å². The number of benzene rings is 1. The van der Waals surface area contributed by atoms with Gasteiger partial charge >= 0.3 is 5.97 Å². The molecule has 0 saturated carbocycles. The fourth-order valence-electron chi connectivity index (χ4n) is 1.97. The molecule has 0 atom stereocenters. The van der Waals surface area contributed by atoms with Gasteiger partial charge in [-0.3, -0.25) is 4.68 Å². The normalized spacial score (nSPS) is 10.8. The van der Waals surface area contributed by atoms with Crippen molar-refractivity contribution < 1.29 is 14.6 Å². The Morgan fingerprint density at radius 2 is 2.10 bits per heavy atom. The molecule has 2 heterocycles. The van der Waals surface area contributed by atoms with Gasteiger partial charge in [0.15, 0.2) is 11.4 Å². The molecule has 3 aromatic rings. The minimum absolute atomic E-state index is 0.00940. The third-order valence-electron chi connectivity index (χ3n) is 2.99. The van der Waals surface area contributed by atoms with E-state index in [4.69, 9.17) is 4.74 Å². The van der Waals surface area contributed by atoms with Crippen molar-refractivity contribution in [2.45, 2.75) is 0 Å². The third-order valence-corrected chi connectivity index (χ3v) is 3.88. The first-order valence-electron chi connectivity index (χ1n) is 6.04. The predicted octanol–water partition coefficient (Wildman–Crippen LogP) is 3.06. The van der Waals surface area contributed by atoms with Gasteiger partial charge in [0, 0.05) is 13.2 Å². The Morgan fingerprint density at radius 3 is 2.81 bits per heavy atom. The number of rotatable bonds is 3. The Morgan fingerprint density at radius 1 is 1.33 bits per heavy atom. The van der Waals surface area contributed by atoms with Crippen molar-refractivity contribution in [2.75, 3.05) is 0 Å². The standard InChI is InChI=1S/C14H10IN3O3/c1-18-13-8(7-17-18)12(9(6-16-13)14(19)20)21-11-5-3-2-4-10(11)15/h2-7H,1H3,(H,19,20). The summed E-state index contributed by atoms with van der Waals surface area (Å²) in [5.74, 6) is -0.240. The number of ether oxygens (including phenoxy) is 1. The molecule has 106 valence electrons. The minimum Gasteiger partial charge on any atom is -0.477 e. The van der Waals surface area contributed by atoms with Crippen LogP contribution in [0, 0.1) is 3.57 Å². The van der Waals surface area contributed by atoms with Gasteiger partial charge in [-0.05, 0) is 34.7 Å². The highest BCUT2D eigenvalue weighted by molar-refractivity contribution is 14.1. The molecule has 21 heavy (non-hydrogen) atoms. The SMILES string of the molecule is Cn1ncc2c(Oc3ccccc3I)c(C(=O)O)cnc21.